The lowest BCUT2D eigenvalue weighted by atomic mass is 10.2. The zero-order valence-electron chi connectivity index (χ0n) is 17.7. The van der Waals surface area contributed by atoms with Crippen LogP contribution >= 0.6 is 22.9 Å². The Balaban J connectivity index is 1.68. The summed E-state index contributed by atoms with van der Waals surface area (Å²) in [4.78, 5) is 31.9. The Morgan fingerprint density at radius 1 is 1.38 bits per heavy atom. The first-order valence-electron chi connectivity index (χ1n) is 9.95. The van der Waals surface area contributed by atoms with Crippen LogP contribution in [0.5, 0.6) is 0 Å². The van der Waals surface area contributed by atoms with Gasteiger partial charge in [0.1, 0.15) is 23.1 Å². The molecule has 3 rings (SSSR count). The Morgan fingerprint density at radius 2 is 2.12 bits per heavy atom. The van der Waals surface area contributed by atoms with E-state index in [1.165, 1.54) is 23.7 Å². The molecule has 0 aliphatic carbocycles. The number of hydrogen-bond acceptors (Lipinski definition) is 7. The molecule has 32 heavy (non-hydrogen) atoms. The van der Waals surface area contributed by atoms with E-state index in [1.807, 2.05) is 12.1 Å². The number of aliphatic hydroxyl groups is 1. The maximum Gasteiger partial charge on any atom is 0.257 e. The van der Waals surface area contributed by atoms with Gasteiger partial charge >= 0.3 is 0 Å². The summed E-state index contributed by atoms with van der Waals surface area (Å²) in [5.74, 6) is -0.442. The Bertz CT molecular complexity index is 1160. The summed E-state index contributed by atoms with van der Waals surface area (Å²) in [7, 11) is 1.78. The second kappa shape index (κ2) is 11.2. The molecule has 8 nitrogen and oxygen atoms in total. The highest BCUT2D eigenvalue weighted by Crippen LogP contribution is 2.24. The number of halogens is 1. The topological polar surface area (TPSA) is 102 Å². The van der Waals surface area contributed by atoms with Crippen LogP contribution in [0.3, 0.4) is 0 Å². The third-order valence-corrected chi connectivity index (χ3v) is 5.93. The van der Waals surface area contributed by atoms with Gasteiger partial charge in [0.25, 0.3) is 5.91 Å². The summed E-state index contributed by atoms with van der Waals surface area (Å²) >= 11 is 7.27. The summed E-state index contributed by atoms with van der Waals surface area (Å²) in [6, 6.07) is 8.84. The van der Waals surface area contributed by atoms with E-state index in [-0.39, 0.29) is 30.8 Å². The monoisotopic (exact) mass is 477 g/mol. The van der Waals surface area contributed by atoms with Gasteiger partial charge in [-0.2, -0.15) is 0 Å². The second-order valence-corrected chi connectivity index (χ2v) is 8.53. The van der Waals surface area contributed by atoms with Gasteiger partial charge in [-0.05, 0) is 30.7 Å². The maximum atomic E-state index is 12.9. The molecule has 2 aromatic heterocycles. The summed E-state index contributed by atoms with van der Waals surface area (Å²) in [6.45, 7) is 2.76. The molecule has 0 spiro atoms. The number of nitrogens with one attached hydrogen (secondary N) is 1. The molecule has 0 fully saturated rings. The molecule has 0 saturated carbocycles. The largest absolute Gasteiger partial charge is 0.396 e. The van der Waals surface area contributed by atoms with Crippen molar-refractivity contribution in [3.63, 3.8) is 0 Å². The van der Waals surface area contributed by atoms with E-state index >= 15 is 0 Å². The summed E-state index contributed by atoms with van der Waals surface area (Å²) < 4.78 is 7.26. The molecule has 1 unspecified atom stereocenters. The van der Waals surface area contributed by atoms with Crippen molar-refractivity contribution in [1.82, 2.24) is 9.88 Å². The number of carbonyl (C=O) groups excluding carboxylic acids is 1. The van der Waals surface area contributed by atoms with Crippen molar-refractivity contribution in [3.8, 4) is 0 Å². The number of nitrogens with zero attached hydrogens (tertiary/aromatic N) is 2. The minimum atomic E-state index is -0.891. The third kappa shape index (κ3) is 6.17. The summed E-state index contributed by atoms with van der Waals surface area (Å²) in [5.41, 5.74) is 0.615. The van der Waals surface area contributed by atoms with E-state index in [1.54, 1.807) is 36.7 Å². The Kier molecular flexibility index (Phi) is 8.40. The number of aliphatic hydroxyl groups excluding tert-OH is 1. The minimum absolute atomic E-state index is 0.0412. The number of amides is 1. The Labute approximate surface area is 194 Å². The lowest BCUT2D eigenvalue weighted by Crippen LogP contribution is -2.29. The first-order chi connectivity index (χ1) is 15.4. The Morgan fingerprint density at radius 3 is 2.84 bits per heavy atom. The van der Waals surface area contributed by atoms with Gasteiger partial charge in [0.15, 0.2) is 0 Å². The molecule has 0 radical (unpaired) electrons. The van der Waals surface area contributed by atoms with E-state index in [0.717, 1.165) is 15.3 Å². The van der Waals surface area contributed by atoms with Crippen LogP contribution in [0, 0.1) is 0 Å². The number of aryl methyl sites for hydroxylation is 1. The molecule has 0 aliphatic rings. The number of aromatic nitrogens is 1. The number of fused-ring (bicyclic) bond motifs is 1. The molecule has 2 heterocycles. The van der Waals surface area contributed by atoms with Crippen molar-refractivity contribution < 1.29 is 19.5 Å². The molecule has 10 heteroatoms. The van der Waals surface area contributed by atoms with Gasteiger partial charge in [0.2, 0.25) is 5.43 Å². The van der Waals surface area contributed by atoms with Gasteiger partial charge in [-0.1, -0.05) is 28.9 Å². The van der Waals surface area contributed by atoms with Gasteiger partial charge in [-0.25, -0.2) is 0 Å². The predicted octanol–water partition coefficient (Wildman–Crippen LogP) is 3.08. The van der Waals surface area contributed by atoms with Crippen molar-refractivity contribution in [1.29, 1.82) is 0 Å². The van der Waals surface area contributed by atoms with Crippen LogP contribution in [0.4, 0.5) is 0 Å². The quantitative estimate of drug-likeness (QED) is 0.345. The van der Waals surface area contributed by atoms with Crippen LogP contribution in [0.15, 0.2) is 46.5 Å². The number of carbonyl (C=O) groups is 1. The number of pyridine rings is 1. The molecule has 3 aromatic rings. The molecular formula is C22H24ClN3O5S. The van der Waals surface area contributed by atoms with Gasteiger partial charge < -0.3 is 24.6 Å². The third-order valence-electron chi connectivity index (χ3n) is 4.48. The summed E-state index contributed by atoms with van der Waals surface area (Å²) in [5, 5.41) is 17.2. The first-order valence-corrected chi connectivity index (χ1v) is 11.1. The van der Waals surface area contributed by atoms with Crippen molar-refractivity contribution in [2.45, 2.75) is 26.2 Å². The van der Waals surface area contributed by atoms with Crippen LogP contribution in [0.25, 0.3) is 10.2 Å². The standard InChI is InChI=1S/C22H24ClN3O5S/c1-3-31-25-10-16(27)12-30-13-17-8-18-20(28)19(11-26(2)22(18)32-17)21(29)24-9-14-4-6-15(23)7-5-14/h4-8,10-11,16,27H,3,9,12-13H2,1-2H3,(H,24,29). The van der Waals surface area contributed by atoms with Gasteiger partial charge in [0.05, 0.1) is 24.8 Å². The number of hydrogen-bond donors (Lipinski definition) is 2. The number of oxime groups is 1. The Hall–Kier alpha value is -2.72. The van der Waals surface area contributed by atoms with Crippen molar-refractivity contribution in [2.24, 2.45) is 12.2 Å². The maximum absolute atomic E-state index is 12.9. The lowest BCUT2D eigenvalue weighted by Gasteiger charge is -2.07. The van der Waals surface area contributed by atoms with E-state index in [2.05, 4.69) is 10.5 Å². The smallest absolute Gasteiger partial charge is 0.257 e. The number of benzene rings is 1. The fourth-order valence-electron chi connectivity index (χ4n) is 2.94. The van der Waals surface area contributed by atoms with E-state index < -0.39 is 12.0 Å². The average molecular weight is 478 g/mol. The van der Waals surface area contributed by atoms with Crippen LogP contribution in [-0.4, -0.2) is 41.1 Å². The molecule has 0 aliphatic heterocycles. The second-order valence-electron chi connectivity index (χ2n) is 6.98. The van der Waals surface area contributed by atoms with Crippen LogP contribution in [0.2, 0.25) is 5.02 Å². The van der Waals surface area contributed by atoms with Gasteiger partial charge in [-0.3, -0.25) is 9.59 Å². The lowest BCUT2D eigenvalue weighted by molar-refractivity contribution is 0.0589. The number of thiophene rings is 1. The fourth-order valence-corrected chi connectivity index (χ4v) is 4.09. The van der Waals surface area contributed by atoms with Crippen LogP contribution < -0.4 is 10.7 Å². The molecule has 1 atom stereocenters. The van der Waals surface area contributed by atoms with Gasteiger partial charge in [0, 0.05) is 29.7 Å². The number of ether oxygens (including phenoxy) is 1. The van der Waals surface area contributed by atoms with Crippen molar-refractivity contribution >= 4 is 45.3 Å². The van der Waals surface area contributed by atoms with E-state index in [4.69, 9.17) is 21.2 Å². The molecule has 2 N–H and O–H groups in total. The van der Waals surface area contributed by atoms with Crippen molar-refractivity contribution in [3.05, 3.63) is 67.8 Å². The number of rotatable bonds is 10. The highest BCUT2D eigenvalue weighted by Gasteiger charge is 2.17. The highest BCUT2D eigenvalue weighted by atomic mass is 35.5. The fraction of sp³-hybridized carbons (Fsp3) is 0.318. The molecule has 0 bridgehead atoms. The summed E-state index contributed by atoms with van der Waals surface area (Å²) in [6.07, 6.45) is 1.91. The zero-order valence-corrected chi connectivity index (χ0v) is 19.3. The molecular weight excluding hydrogens is 454 g/mol. The minimum Gasteiger partial charge on any atom is -0.396 e. The van der Waals surface area contributed by atoms with Gasteiger partial charge in [-0.15, -0.1) is 11.3 Å². The predicted molar refractivity (Wildman–Crippen MR) is 125 cm³/mol. The molecule has 1 amide bonds. The molecule has 0 saturated heterocycles. The zero-order chi connectivity index (χ0) is 23.1. The normalized spacial score (nSPS) is 12.4. The molecule has 1 aromatic carbocycles. The van der Waals surface area contributed by atoms with Crippen LogP contribution in [0.1, 0.15) is 27.7 Å². The molecule has 170 valence electrons. The average Bonchev–Trinajstić information content (AvgIpc) is 3.21. The SMILES string of the molecule is CCON=CC(O)COCc1cc2c(=O)c(C(=O)NCc3ccc(Cl)cc3)cn(C)c2s1. The van der Waals surface area contributed by atoms with Crippen LogP contribution in [-0.2, 0) is 29.8 Å². The van der Waals surface area contributed by atoms with Crippen molar-refractivity contribution in [2.75, 3.05) is 13.2 Å². The highest BCUT2D eigenvalue weighted by molar-refractivity contribution is 7.18. The van der Waals surface area contributed by atoms with E-state index in [9.17, 15) is 14.7 Å². The first kappa shape index (κ1) is 23.9. The van der Waals surface area contributed by atoms with E-state index in [0.29, 0.717) is 17.0 Å².